The molecule has 0 unspecified atom stereocenters. The van der Waals surface area contributed by atoms with Gasteiger partial charge in [0.15, 0.2) is 15.9 Å². The van der Waals surface area contributed by atoms with Gasteiger partial charge in [-0.25, -0.2) is 13.2 Å². The van der Waals surface area contributed by atoms with Gasteiger partial charge in [-0.15, -0.1) is 0 Å². The van der Waals surface area contributed by atoms with E-state index in [9.17, 15) is 18.0 Å². The monoisotopic (exact) mass is 403 g/mol. The highest BCUT2D eigenvalue weighted by Gasteiger charge is 2.24. The van der Waals surface area contributed by atoms with Crippen LogP contribution in [0.1, 0.15) is 42.1 Å². The van der Waals surface area contributed by atoms with Crippen LogP contribution in [0.15, 0.2) is 59.5 Å². The number of sulfone groups is 1. The fraction of sp³-hybridized carbons (Fsp3) is 0.333. The van der Waals surface area contributed by atoms with Gasteiger partial charge in [0.25, 0.3) is 5.91 Å². The molecule has 0 saturated heterocycles. The SMILES string of the molecule is CC[C@H](CNC(=O)[C@H](C)OC(=O)c1ccccc1S(C)(=O)=O)c1ccccc1. The van der Waals surface area contributed by atoms with Crippen LogP contribution < -0.4 is 5.32 Å². The van der Waals surface area contributed by atoms with Crippen molar-refractivity contribution >= 4 is 21.7 Å². The van der Waals surface area contributed by atoms with E-state index in [1.54, 1.807) is 6.07 Å². The third kappa shape index (κ3) is 5.66. The van der Waals surface area contributed by atoms with E-state index >= 15 is 0 Å². The maximum atomic E-state index is 12.4. The van der Waals surface area contributed by atoms with E-state index in [-0.39, 0.29) is 16.4 Å². The van der Waals surface area contributed by atoms with E-state index in [0.717, 1.165) is 18.2 Å². The van der Waals surface area contributed by atoms with Crippen LogP contribution in [0.2, 0.25) is 0 Å². The van der Waals surface area contributed by atoms with Crippen LogP contribution in [0.4, 0.5) is 0 Å². The van der Waals surface area contributed by atoms with Gasteiger partial charge in [-0.1, -0.05) is 49.4 Å². The van der Waals surface area contributed by atoms with Crippen molar-refractivity contribution in [2.24, 2.45) is 0 Å². The molecule has 7 heteroatoms. The predicted molar refractivity (Wildman–Crippen MR) is 107 cm³/mol. The Morgan fingerprint density at radius 1 is 1.04 bits per heavy atom. The fourth-order valence-corrected chi connectivity index (χ4v) is 3.70. The second-order valence-electron chi connectivity index (χ2n) is 6.58. The Balaban J connectivity index is 2.00. The Hall–Kier alpha value is -2.67. The minimum atomic E-state index is -3.59. The van der Waals surface area contributed by atoms with Gasteiger partial charge >= 0.3 is 5.97 Å². The normalized spacial score (nSPS) is 13.4. The average molecular weight is 404 g/mol. The molecular weight excluding hydrogens is 378 g/mol. The molecule has 0 aliphatic rings. The highest BCUT2D eigenvalue weighted by Crippen LogP contribution is 2.19. The summed E-state index contributed by atoms with van der Waals surface area (Å²) in [5.74, 6) is -1.13. The van der Waals surface area contributed by atoms with Crippen LogP contribution in [0, 0.1) is 0 Å². The van der Waals surface area contributed by atoms with E-state index in [0.29, 0.717) is 6.54 Å². The summed E-state index contributed by atoms with van der Waals surface area (Å²) in [6.45, 7) is 3.91. The van der Waals surface area contributed by atoms with Gasteiger partial charge in [-0.05, 0) is 31.0 Å². The number of esters is 1. The molecule has 0 heterocycles. The zero-order chi connectivity index (χ0) is 20.7. The Morgan fingerprint density at radius 3 is 2.25 bits per heavy atom. The summed E-state index contributed by atoms with van der Waals surface area (Å²) in [4.78, 5) is 24.6. The van der Waals surface area contributed by atoms with Crippen LogP contribution in [-0.4, -0.2) is 39.2 Å². The summed E-state index contributed by atoms with van der Waals surface area (Å²) in [6.07, 6.45) is 0.817. The minimum absolute atomic E-state index is 0.0830. The standard InChI is InChI=1S/C21H25NO5S/c1-4-16(17-10-6-5-7-11-17)14-22-20(23)15(2)27-21(24)18-12-8-9-13-19(18)28(3,25)26/h5-13,15-16H,4,14H2,1-3H3,(H,22,23)/t15-,16+/m0/s1. The molecule has 0 aliphatic carbocycles. The van der Waals surface area contributed by atoms with Crippen molar-refractivity contribution in [3.05, 3.63) is 65.7 Å². The molecule has 2 atom stereocenters. The van der Waals surface area contributed by atoms with Crippen LogP contribution in [0.3, 0.4) is 0 Å². The highest BCUT2D eigenvalue weighted by molar-refractivity contribution is 7.90. The minimum Gasteiger partial charge on any atom is -0.449 e. The molecular formula is C21H25NO5S. The van der Waals surface area contributed by atoms with E-state index < -0.39 is 27.8 Å². The number of nitrogens with one attached hydrogen (secondary N) is 1. The van der Waals surface area contributed by atoms with E-state index in [1.807, 2.05) is 37.3 Å². The molecule has 2 aromatic rings. The molecule has 150 valence electrons. The number of hydrogen-bond acceptors (Lipinski definition) is 5. The molecule has 0 radical (unpaired) electrons. The molecule has 2 aromatic carbocycles. The van der Waals surface area contributed by atoms with E-state index in [1.165, 1.54) is 25.1 Å². The van der Waals surface area contributed by atoms with Gasteiger partial charge < -0.3 is 10.1 Å². The molecule has 0 aliphatic heterocycles. The zero-order valence-corrected chi connectivity index (χ0v) is 17.0. The van der Waals surface area contributed by atoms with Gasteiger partial charge in [0.2, 0.25) is 0 Å². The van der Waals surface area contributed by atoms with E-state index in [4.69, 9.17) is 4.74 Å². The van der Waals surface area contributed by atoms with Crippen LogP contribution in [-0.2, 0) is 19.4 Å². The lowest BCUT2D eigenvalue weighted by atomic mass is 9.96. The second-order valence-corrected chi connectivity index (χ2v) is 8.56. The first-order valence-electron chi connectivity index (χ1n) is 9.06. The Kier molecular flexibility index (Phi) is 7.34. The van der Waals surface area contributed by atoms with Crippen LogP contribution in [0.25, 0.3) is 0 Å². The van der Waals surface area contributed by atoms with Gasteiger partial charge in [-0.2, -0.15) is 0 Å². The molecule has 0 bridgehead atoms. The Morgan fingerprint density at radius 2 is 1.64 bits per heavy atom. The van der Waals surface area contributed by atoms with Gasteiger partial charge in [0, 0.05) is 18.7 Å². The fourth-order valence-electron chi connectivity index (χ4n) is 2.83. The lowest BCUT2D eigenvalue weighted by Gasteiger charge is -2.19. The highest BCUT2D eigenvalue weighted by atomic mass is 32.2. The van der Waals surface area contributed by atoms with Gasteiger partial charge in [-0.3, -0.25) is 4.79 Å². The smallest absolute Gasteiger partial charge is 0.340 e. The number of rotatable bonds is 8. The van der Waals surface area contributed by atoms with Gasteiger partial charge in [0.05, 0.1) is 10.5 Å². The largest absolute Gasteiger partial charge is 0.449 e. The first kappa shape index (κ1) is 21.6. The Labute approximate surface area is 165 Å². The lowest BCUT2D eigenvalue weighted by molar-refractivity contribution is -0.129. The topological polar surface area (TPSA) is 89.5 Å². The van der Waals surface area contributed by atoms with Crippen molar-refractivity contribution < 1.29 is 22.7 Å². The molecule has 1 N–H and O–H groups in total. The number of hydrogen-bond donors (Lipinski definition) is 1. The summed E-state index contributed by atoms with van der Waals surface area (Å²) in [5.41, 5.74) is 1.04. The maximum Gasteiger partial charge on any atom is 0.340 e. The molecule has 2 rings (SSSR count). The number of carbonyl (C=O) groups excluding carboxylic acids is 2. The number of benzene rings is 2. The molecule has 0 aromatic heterocycles. The van der Waals surface area contributed by atoms with Crippen molar-refractivity contribution in [3.8, 4) is 0 Å². The number of ether oxygens (including phenoxy) is 1. The summed E-state index contributed by atoms with van der Waals surface area (Å²) in [5, 5.41) is 2.80. The third-order valence-corrected chi connectivity index (χ3v) is 5.60. The molecule has 0 spiro atoms. The molecule has 0 fully saturated rings. The predicted octanol–water partition coefficient (Wildman–Crippen LogP) is 2.95. The lowest BCUT2D eigenvalue weighted by Crippen LogP contribution is -2.38. The first-order chi connectivity index (χ1) is 13.2. The average Bonchev–Trinajstić information content (AvgIpc) is 2.68. The van der Waals surface area contributed by atoms with Crippen molar-refractivity contribution in [1.82, 2.24) is 5.32 Å². The third-order valence-electron chi connectivity index (χ3n) is 4.45. The van der Waals surface area contributed by atoms with Crippen LogP contribution in [0.5, 0.6) is 0 Å². The summed E-state index contributed by atoms with van der Waals surface area (Å²) in [6, 6.07) is 15.6. The van der Waals surface area contributed by atoms with Crippen molar-refractivity contribution in [3.63, 3.8) is 0 Å². The van der Waals surface area contributed by atoms with Crippen molar-refractivity contribution in [2.45, 2.75) is 37.2 Å². The van der Waals surface area contributed by atoms with Gasteiger partial charge in [0.1, 0.15) is 0 Å². The zero-order valence-electron chi connectivity index (χ0n) is 16.2. The van der Waals surface area contributed by atoms with E-state index in [2.05, 4.69) is 5.32 Å². The summed E-state index contributed by atoms with van der Waals surface area (Å²) < 4.78 is 28.9. The van der Waals surface area contributed by atoms with Crippen molar-refractivity contribution in [1.29, 1.82) is 0 Å². The molecule has 28 heavy (non-hydrogen) atoms. The maximum absolute atomic E-state index is 12.4. The molecule has 0 saturated carbocycles. The summed E-state index contributed by atoms with van der Waals surface area (Å²) >= 11 is 0. The summed E-state index contributed by atoms with van der Waals surface area (Å²) in [7, 11) is -3.59. The second kappa shape index (κ2) is 9.50. The molecule has 6 nitrogen and oxygen atoms in total. The number of carbonyl (C=O) groups is 2. The van der Waals surface area contributed by atoms with Crippen LogP contribution >= 0.6 is 0 Å². The van der Waals surface area contributed by atoms with Crippen molar-refractivity contribution in [2.75, 3.05) is 12.8 Å². The number of amides is 1. The molecule has 1 amide bonds. The Bertz CT molecular complexity index is 925. The first-order valence-corrected chi connectivity index (χ1v) is 11.0. The quantitative estimate of drug-likeness (QED) is 0.685.